The number of benzene rings is 2. The summed E-state index contributed by atoms with van der Waals surface area (Å²) in [5, 5.41) is 2.72. The van der Waals surface area contributed by atoms with E-state index in [2.05, 4.69) is 5.32 Å². The first-order valence-corrected chi connectivity index (χ1v) is 12.3. The predicted molar refractivity (Wildman–Crippen MR) is 136 cm³/mol. The molecule has 1 saturated heterocycles. The summed E-state index contributed by atoms with van der Waals surface area (Å²) in [6.07, 6.45) is -0.723. The van der Waals surface area contributed by atoms with Crippen LogP contribution >= 0.6 is 0 Å². The summed E-state index contributed by atoms with van der Waals surface area (Å²) < 4.78 is 16.0. The van der Waals surface area contributed by atoms with Crippen LogP contribution in [0.3, 0.4) is 0 Å². The normalized spacial score (nSPS) is 20.0. The number of rotatable bonds is 8. The molecule has 8 nitrogen and oxygen atoms in total. The van der Waals surface area contributed by atoms with E-state index in [0.29, 0.717) is 6.54 Å². The fourth-order valence-corrected chi connectivity index (χ4v) is 4.34. The molecular weight excluding hydrogens is 460 g/mol. The topological polar surface area (TPSA) is 94.2 Å². The van der Waals surface area contributed by atoms with E-state index in [1.165, 1.54) is 0 Å². The van der Waals surface area contributed by atoms with Crippen LogP contribution in [0.15, 0.2) is 54.6 Å². The van der Waals surface area contributed by atoms with Gasteiger partial charge in [-0.05, 0) is 51.3 Å². The van der Waals surface area contributed by atoms with E-state index in [4.69, 9.17) is 14.2 Å². The molecule has 0 spiro atoms. The lowest BCUT2D eigenvalue weighted by atomic mass is 9.96. The van der Waals surface area contributed by atoms with Gasteiger partial charge in [0.25, 0.3) is 0 Å². The van der Waals surface area contributed by atoms with Crippen LogP contribution in [0.4, 0.5) is 4.79 Å². The second kappa shape index (κ2) is 11.6. The number of carbonyl (C=O) groups is 3. The van der Waals surface area contributed by atoms with Gasteiger partial charge in [-0.15, -0.1) is 0 Å². The molecule has 0 aromatic heterocycles. The fourth-order valence-electron chi connectivity index (χ4n) is 4.34. The third kappa shape index (κ3) is 6.85. The average molecular weight is 497 g/mol. The number of hydrogen-bond acceptors (Lipinski definition) is 7. The SMILES string of the molecule is CCOC(=O)C1CC(NC(=O)OC(C)(C)C)(C(=O)OCC)CN1Cc1ccc(-c2ccccc2)cc1. The molecule has 1 amide bonds. The summed E-state index contributed by atoms with van der Waals surface area (Å²) in [6.45, 7) is 9.47. The summed E-state index contributed by atoms with van der Waals surface area (Å²) >= 11 is 0. The van der Waals surface area contributed by atoms with Gasteiger partial charge in [0, 0.05) is 19.5 Å². The highest BCUT2D eigenvalue weighted by molar-refractivity contribution is 5.89. The molecular formula is C28H36N2O6. The van der Waals surface area contributed by atoms with E-state index in [0.717, 1.165) is 16.7 Å². The summed E-state index contributed by atoms with van der Waals surface area (Å²) in [6, 6.07) is 17.3. The molecule has 0 saturated carbocycles. The summed E-state index contributed by atoms with van der Waals surface area (Å²) in [7, 11) is 0. The van der Waals surface area contributed by atoms with Gasteiger partial charge in [0.2, 0.25) is 0 Å². The molecule has 3 rings (SSSR count). The Morgan fingerprint density at radius 2 is 1.56 bits per heavy atom. The van der Waals surface area contributed by atoms with Crippen molar-refractivity contribution < 1.29 is 28.6 Å². The largest absolute Gasteiger partial charge is 0.465 e. The van der Waals surface area contributed by atoms with Crippen molar-refractivity contribution >= 4 is 18.0 Å². The quantitative estimate of drug-likeness (QED) is 0.430. The average Bonchev–Trinajstić information content (AvgIpc) is 3.18. The van der Waals surface area contributed by atoms with Gasteiger partial charge >= 0.3 is 18.0 Å². The molecule has 2 atom stereocenters. The molecule has 2 unspecified atom stereocenters. The molecule has 2 aromatic rings. The van der Waals surface area contributed by atoms with Crippen molar-refractivity contribution in [3.63, 3.8) is 0 Å². The van der Waals surface area contributed by atoms with Crippen molar-refractivity contribution in [1.82, 2.24) is 10.2 Å². The van der Waals surface area contributed by atoms with Gasteiger partial charge in [0.1, 0.15) is 11.6 Å². The molecule has 1 aliphatic rings. The maximum Gasteiger partial charge on any atom is 0.408 e. The van der Waals surface area contributed by atoms with Gasteiger partial charge in [-0.25, -0.2) is 9.59 Å². The van der Waals surface area contributed by atoms with Crippen molar-refractivity contribution in [2.75, 3.05) is 19.8 Å². The third-order valence-corrected chi connectivity index (χ3v) is 5.87. The standard InChI is InChI=1S/C28H36N2O6/c1-6-34-24(31)23-17-28(25(32)35-7-2,29-26(33)36-27(3,4)5)19-30(23)18-20-13-15-22(16-14-20)21-11-9-8-10-12-21/h8-16,23H,6-7,17-19H2,1-5H3,(H,29,33). The van der Waals surface area contributed by atoms with Crippen molar-refractivity contribution in [2.45, 2.75) is 64.8 Å². The second-order valence-electron chi connectivity index (χ2n) is 9.87. The first-order chi connectivity index (χ1) is 17.1. The Morgan fingerprint density at radius 1 is 0.944 bits per heavy atom. The van der Waals surface area contributed by atoms with Crippen LogP contribution < -0.4 is 5.32 Å². The number of ether oxygens (including phenoxy) is 3. The molecule has 0 radical (unpaired) electrons. The van der Waals surface area contributed by atoms with Crippen LogP contribution in [-0.2, 0) is 30.3 Å². The Morgan fingerprint density at radius 3 is 2.14 bits per heavy atom. The number of esters is 2. The molecule has 8 heteroatoms. The number of amides is 1. The van der Waals surface area contributed by atoms with Crippen LogP contribution in [0.5, 0.6) is 0 Å². The number of alkyl carbamates (subject to hydrolysis) is 1. The number of hydrogen-bond donors (Lipinski definition) is 1. The van der Waals surface area contributed by atoms with Gasteiger partial charge in [0.05, 0.1) is 13.2 Å². The Hall–Kier alpha value is -3.39. The zero-order chi connectivity index (χ0) is 26.3. The lowest BCUT2D eigenvalue weighted by Gasteiger charge is -2.30. The van der Waals surface area contributed by atoms with E-state index in [-0.39, 0.29) is 26.2 Å². The van der Waals surface area contributed by atoms with Gasteiger partial charge in [-0.3, -0.25) is 9.69 Å². The molecule has 194 valence electrons. The Kier molecular flexibility index (Phi) is 8.74. The zero-order valence-corrected chi connectivity index (χ0v) is 21.7. The second-order valence-corrected chi connectivity index (χ2v) is 9.87. The van der Waals surface area contributed by atoms with Crippen molar-refractivity contribution in [3.8, 4) is 11.1 Å². The number of likely N-dealkylation sites (tertiary alicyclic amines) is 1. The highest BCUT2D eigenvalue weighted by atomic mass is 16.6. The molecule has 1 heterocycles. The summed E-state index contributed by atoms with van der Waals surface area (Å²) in [5.74, 6) is -1.05. The third-order valence-electron chi connectivity index (χ3n) is 5.87. The van der Waals surface area contributed by atoms with Gasteiger partial charge in [-0.2, -0.15) is 0 Å². The van der Waals surface area contributed by atoms with Crippen LogP contribution in [-0.4, -0.2) is 59.9 Å². The number of nitrogens with zero attached hydrogens (tertiary/aromatic N) is 1. The van der Waals surface area contributed by atoms with Crippen molar-refractivity contribution in [1.29, 1.82) is 0 Å². The molecule has 1 N–H and O–H groups in total. The monoisotopic (exact) mass is 496 g/mol. The highest BCUT2D eigenvalue weighted by Gasteiger charge is 2.54. The minimum Gasteiger partial charge on any atom is -0.465 e. The lowest BCUT2D eigenvalue weighted by Crippen LogP contribution is -2.57. The Bertz CT molecular complexity index is 1050. The van der Waals surface area contributed by atoms with E-state index in [1.807, 2.05) is 59.5 Å². The Balaban J connectivity index is 1.87. The smallest absolute Gasteiger partial charge is 0.408 e. The minimum absolute atomic E-state index is 0.0198. The van der Waals surface area contributed by atoms with Gasteiger partial charge < -0.3 is 19.5 Å². The van der Waals surface area contributed by atoms with E-state index >= 15 is 0 Å². The molecule has 0 aliphatic carbocycles. The van der Waals surface area contributed by atoms with Crippen molar-refractivity contribution in [2.24, 2.45) is 0 Å². The molecule has 2 aromatic carbocycles. The van der Waals surface area contributed by atoms with Crippen LogP contribution in [0.25, 0.3) is 11.1 Å². The first kappa shape index (κ1) is 27.2. The van der Waals surface area contributed by atoms with Gasteiger partial charge in [-0.1, -0.05) is 54.6 Å². The molecule has 0 bridgehead atoms. The van der Waals surface area contributed by atoms with Crippen LogP contribution in [0.2, 0.25) is 0 Å². The maximum atomic E-state index is 13.1. The zero-order valence-electron chi connectivity index (χ0n) is 21.7. The first-order valence-electron chi connectivity index (χ1n) is 12.3. The Labute approximate surface area is 212 Å². The fraction of sp³-hybridized carbons (Fsp3) is 0.464. The molecule has 1 aliphatic heterocycles. The van der Waals surface area contributed by atoms with Gasteiger partial charge in [0.15, 0.2) is 5.54 Å². The highest BCUT2D eigenvalue weighted by Crippen LogP contribution is 2.32. The predicted octanol–water partition coefficient (Wildman–Crippen LogP) is 4.32. The summed E-state index contributed by atoms with van der Waals surface area (Å²) in [5.41, 5.74) is 0.951. The summed E-state index contributed by atoms with van der Waals surface area (Å²) in [4.78, 5) is 40.6. The van der Waals surface area contributed by atoms with E-state index in [9.17, 15) is 14.4 Å². The van der Waals surface area contributed by atoms with Crippen LogP contribution in [0.1, 0.15) is 46.6 Å². The lowest BCUT2D eigenvalue weighted by molar-refractivity contribution is -0.150. The molecule has 36 heavy (non-hydrogen) atoms. The molecule has 1 fully saturated rings. The van der Waals surface area contributed by atoms with E-state index < -0.39 is 35.2 Å². The maximum absolute atomic E-state index is 13.1. The number of carbonyl (C=O) groups excluding carboxylic acids is 3. The van der Waals surface area contributed by atoms with Crippen LogP contribution in [0, 0.1) is 0 Å². The minimum atomic E-state index is -1.44. The van der Waals surface area contributed by atoms with E-state index in [1.54, 1.807) is 34.6 Å². The van der Waals surface area contributed by atoms with Crippen molar-refractivity contribution in [3.05, 3.63) is 60.2 Å². The number of nitrogens with one attached hydrogen (secondary N) is 1.